The molecule has 2 rings (SSSR count). The molecule has 0 aliphatic carbocycles. The quantitative estimate of drug-likeness (QED) is 0.869. The van der Waals surface area contributed by atoms with E-state index in [1.807, 2.05) is 6.92 Å². The van der Waals surface area contributed by atoms with Crippen molar-refractivity contribution in [3.63, 3.8) is 0 Å². The Hall–Kier alpha value is -1.96. The molecule has 0 amide bonds. The predicted octanol–water partition coefficient (Wildman–Crippen LogP) is 2.89. The lowest BCUT2D eigenvalue weighted by Crippen LogP contribution is -2.07. The molecule has 0 unspecified atom stereocenters. The third-order valence-electron chi connectivity index (χ3n) is 2.25. The molecule has 20 heavy (non-hydrogen) atoms. The number of rotatable bonds is 5. The minimum absolute atomic E-state index is 0.0480. The summed E-state index contributed by atoms with van der Waals surface area (Å²) in [5.41, 5.74) is 6.20. The lowest BCUT2D eigenvalue weighted by molar-refractivity contribution is 0.292. The zero-order valence-electron chi connectivity index (χ0n) is 10.7. The average Bonchev–Trinajstić information content (AvgIpc) is 2.39. The van der Waals surface area contributed by atoms with Crippen molar-refractivity contribution in [3.05, 3.63) is 28.5 Å². The molecule has 0 radical (unpaired) electrons. The van der Waals surface area contributed by atoms with E-state index in [0.717, 1.165) is 6.42 Å². The summed E-state index contributed by atoms with van der Waals surface area (Å²) in [5.74, 6) is -0.0627. The van der Waals surface area contributed by atoms with Crippen LogP contribution in [0.1, 0.15) is 13.3 Å². The van der Waals surface area contributed by atoms with Crippen LogP contribution in [0.3, 0.4) is 0 Å². The third kappa shape index (κ3) is 3.77. The fraction of sp³-hybridized carbons (Fsp3) is 0.250. The first-order chi connectivity index (χ1) is 9.58. The second kappa shape index (κ2) is 6.47. The average molecular weight is 342 g/mol. The van der Waals surface area contributed by atoms with Crippen LogP contribution in [0, 0.1) is 5.82 Å². The number of anilines is 3. The smallest absolute Gasteiger partial charge is 0.323 e. The SMILES string of the molecule is CCCOc1nc(N)nc(Nc2ccc(F)cc2Br)n1. The Labute approximate surface area is 123 Å². The van der Waals surface area contributed by atoms with Crippen molar-refractivity contribution in [1.29, 1.82) is 0 Å². The topological polar surface area (TPSA) is 86.0 Å². The highest BCUT2D eigenvalue weighted by atomic mass is 79.9. The standard InChI is InChI=1S/C12H13BrFN5O/c1-2-5-20-12-18-10(15)17-11(19-12)16-9-4-3-7(14)6-8(9)13/h3-4,6H,2,5H2,1H3,(H3,15,16,17,18,19). The largest absolute Gasteiger partial charge is 0.463 e. The monoisotopic (exact) mass is 341 g/mol. The van der Waals surface area contributed by atoms with E-state index >= 15 is 0 Å². The van der Waals surface area contributed by atoms with E-state index in [9.17, 15) is 4.39 Å². The number of nitrogens with one attached hydrogen (secondary N) is 1. The molecule has 1 heterocycles. The highest BCUT2D eigenvalue weighted by Crippen LogP contribution is 2.25. The summed E-state index contributed by atoms with van der Waals surface area (Å²) in [6, 6.07) is 4.37. The molecule has 0 saturated heterocycles. The Morgan fingerprint density at radius 3 is 2.85 bits per heavy atom. The van der Waals surface area contributed by atoms with Crippen molar-refractivity contribution in [3.8, 4) is 6.01 Å². The van der Waals surface area contributed by atoms with E-state index in [2.05, 4.69) is 36.2 Å². The van der Waals surface area contributed by atoms with E-state index in [4.69, 9.17) is 10.5 Å². The van der Waals surface area contributed by atoms with Gasteiger partial charge in [-0.1, -0.05) is 6.92 Å². The van der Waals surface area contributed by atoms with Gasteiger partial charge in [0.1, 0.15) is 5.82 Å². The molecular weight excluding hydrogens is 329 g/mol. The van der Waals surface area contributed by atoms with Crippen LogP contribution in [0.25, 0.3) is 0 Å². The molecule has 1 aromatic carbocycles. The molecule has 0 fully saturated rings. The van der Waals surface area contributed by atoms with E-state index < -0.39 is 0 Å². The minimum Gasteiger partial charge on any atom is -0.463 e. The van der Waals surface area contributed by atoms with Gasteiger partial charge in [-0.25, -0.2) is 4.39 Å². The number of aromatic nitrogens is 3. The summed E-state index contributed by atoms with van der Waals surface area (Å²) in [7, 11) is 0. The van der Waals surface area contributed by atoms with Crippen LogP contribution in [-0.4, -0.2) is 21.6 Å². The van der Waals surface area contributed by atoms with E-state index in [-0.39, 0.29) is 23.7 Å². The van der Waals surface area contributed by atoms with Gasteiger partial charge in [0.15, 0.2) is 0 Å². The maximum atomic E-state index is 13.0. The number of nitrogen functional groups attached to an aromatic ring is 1. The van der Waals surface area contributed by atoms with Crippen LogP contribution >= 0.6 is 15.9 Å². The zero-order chi connectivity index (χ0) is 14.5. The van der Waals surface area contributed by atoms with Crippen molar-refractivity contribution in [2.45, 2.75) is 13.3 Å². The van der Waals surface area contributed by atoms with Crippen LogP contribution in [0.4, 0.5) is 22.0 Å². The molecular formula is C12H13BrFN5O. The molecule has 0 saturated carbocycles. The van der Waals surface area contributed by atoms with Gasteiger partial charge >= 0.3 is 6.01 Å². The van der Waals surface area contributed by atoms with Crippen LogP contribution in [0.15, 0.2) is 22.7 Å². The van der Waals surface area contributed by atoms with Gasteiger partial charge in [-0.3, -0.25) is 0 Å². The summed E-state index contributed by atoms with van der Waals surface area (Å²) in [4.78, 5) is 11.9. The molecule has 0 aliphatic rings. The highest BCUT2D eigenvalue weighted by Gasteiger charge is 2.08. The number of benzene rings is 1. The number of hydrogen-bond donors (Lipinski definition) is 2. The second-order valence-electron chi connectivity index (χ2n) is 3.90. The maximum Gasteiger partial charge on any atom is 0.323 e. The molecule has 0 spiro atoms. The summed E-state index contributed by atoms with van der Waals surface area (Å²) >= 11 is 3.25. The molecule has 2 aromatic rings. The minimum atomic E-state index is -0.343. The van der Waals surface area contributed by atoms with E-state index in [1.54, 1.807) is 6.07 Å². The van der Waals surface area contributed by atoms with Gasteiger partial charge in [0, 0.05) is 4.47 Å². The van der Waals surface area contributed by atoms with Gasteiger partial charge in [0.2, 0.25) is 11.9 Å². The Balaban J connectivity index is 2.21. The second-order valence-corrected chi connectivity index (χ2v) is 4.75. The first-order valence-electron chi connectivity index (χ1n) is 5.95. The fourth-order valence-electron chi connectivity index (χ4n) is 1.40. The van der Waals surface area contributed by atoms with Gasteiger partial charge in [-0.15, -0.1) is 0 Å². The fourth-order valence-corrected chi connectivity index (χ4v) is 1.85. The number of nitrogens with two attached hydrogens (primary N) is 1. The molecule has 8 heteroatoms. The van der Waals surface area contributed by atoms with Gasteiger partial charge in [0.05, 0.1) is 12.3 Å². The Bertz CT molecular complexity index is 610. The molecule has 6 nitrogen and oxygen atoms in total. The number of ether oxygens (including phenoxy) is 1. The van der Waals surface area contributed by atoms with Crippen molar-refractivity contribution >= 4 is 33.5 Å². The molecule has 0 bridgehead atoms. The van der Waals surface area contributed by atoms with Gasteiger partial charge < -0.3 is 15.8 Å². The van der Waals surface area contributed by atoms with Crippen LogP contribution < -0.4 is 15.8 Å². The number of hydrogen-bond acceptors (Lipinski definition) is 6. The van der Waals surface area contributed by atoms with Crippen LogP contribution in [0.5, 0.6) is 6.01 Å². The lowest BCUT2D eigenvalue weighted by atomic mass is 10.3. The van der Waals surface area contributed by atoms with E-state index in [0.29, 0.717) is 16.8 Å². The lowest BCUT2D eigenvalue weighted by Gasteiger charge is -2.09. The third-order valence-corrected chi connectivity index (χ3v) is 2.90. The van der Waals surface area contributed by atoms with Gasteiger partial charge in [-0.2, -0.15) is 15.0 Å². The Morgan fingerprint density at radius 1 is 1.35 bits per heavy atom. The summed E-state index contributed by atoms with van der Waals surface area (Å²) in [5, 5.41) is 2.92. The normalized spacial score (nSPS) is 10.3. The number of halogens is 2. The summed E-state index contributed by atoms with van der Waals surface area (Å²) in [6.45, 7) is 2.46. The highest BCUT2D eigenvalue weighted by molar-refractivity contribution is 9.10. The summed E-state index contributed by atoms with van der Waals surface area (Å²) < 4.78 is 18.9. The van der Waals surface area contributed by atoms with Crippen LogP contribution in [-0.2, 0) is 0 Å². The predicted molar refractivity (Wildman–Crippen MR) is 77.4 cm³/mol. The summed E-state index contributed by atoms with van der Waals surface area (Å²) in [6.07, 6.45) is 0.831. The van der Waals surface area contributed by atoms with Crippen molar-refractivity contribution in [2.75, 3.05) is 17.7 Å². The van der Waals surface area contributed by atoms with Gasteiger partial charge in [-0.05, 0) is 40.5 Å². The molecule has 0 aliphatic heterocycles. The molecule has 1 aromatic heterocycles. The maximum absolute atomic E-state index is 13.0. The first kappa shape index (κ1) is 14.4. The van der Waals surface area contributed by atoms with Gasteiger partial charge in [0.25, 0.3) is 0 Å². The number of nitrogens with zero attached hydrogens (tertiary/aromatic N) is 3. The first-order valence-corrected chi connectivity index (χ1v) is 6.74. The van der Waals surface area contributed by atoms with Crippen molar-refractivity contribution < 1.29 is 9.13 Å². The molecule has 0 atom stereocenters. The zero-order valence-corrected chi connectivity index (χ0v) is 12.3. The Kier molecular flexibility index (Phi) is 4.67. The molecule has 106 valence electrons. The van der Waals surface area contributed by atoms with Crippen LogP contribution in [0.2, 0.25) is 0 Å². The van der Waals surface area contributed by atoms with Crippen molar-refractivity contribution in [2.24, 2.45) is 0 Å². The molecule has 3 N–H and O–H groups in total. The van der Waals surface area contributed by atoms with Crippen molar-refractivity contribution in [1.82, 2.24) is 15.0 Å². The Morgan fingerprint density at radius 2 is 2.15 bits per heavy atom. The van der Waals surface area contributed by atoms with E-state index in [1.165, 1.54) is 12.1 Å².